The van der Waals surface area contributed by atoms with Crippen LogP contribution in [-0.4, -0.2) is 11.1 Å². The van der Waals surface area contributed by atoms with E-state index in [1.54, 1.807) is 0 Å². The zero-order chi connectivity index (χ0) is 13.1. The number of benzene rings is 1. The van der Waals surface area contributed by atoms with Gasteiger partial charge in [-0.15, -0.1) is 0 Å². The summed E-state index contributed by atoms with van der Waals surface area (Å²) < 4.78 is 0. The van der Waals surface area contributed by atoms with E-state index in [-0.39, 0.29) is 0 Å². The second-order valence-corrected chi connectivity index (χ2v) is 4.97. The highest BCUT2D eigenvalue weighted by molar-refractivity contribution is 5.75. The minimum absolute atomic E-state index is 0.611. The molecule has 0 aromatic heterocycles. The lowest BCUT2D eigenvalue weighted by atomic mass is 9.76. The van der Waals surface area contributed by atoms with Gasteiger partial charge in [0, 0.05) is 0 Å². The molecule has 94 valence electrons. The summed E-state index contributed by atoms with van der Waals surface area (Å²) in [6.07, 6.45) is 1.97. The average Bonchev–Trinajstić information content (AvgIpc) is 2.24. The highest BCUT2D eigenvalue weighted by atomic mass is 16.4. The maximum absolute atomic E-state index is 11.5. The van der Waals surface area contributed by atoms with E-state index in [4.69, 9.17) is 0 Å². The zero-order valence-corrected chi connectivity index (χ0v) is 11.2. The fourth-order valence-electron chi connectivity index (χ4n) is 2.44. The summed E-state index contributed by atoms with van der Waals surface area (Å²) in [5.41, 5.74) is 2.92. The van der Waals surface area contributed by atoms with Crippen molar-refractivity contribution in [2.24, 2.45) is 5.41 Å². The van der Waals surface area contributed by atoms with Gasteiger partial charge in [-0.2, -0.15) is 0 Å². The first-order valence-electron chi connectivity index (χ1n) is 6.24. The molecule has 1 rings (SSSR count). The van der Waals surface area contributed by atoms with Crippen molar-refractivity contribution in [3.05, 3.63) is 34.9 Å². The van der Waals surface area contributed by atoms with Crippen molar-refractivity contribution in [2.45, 2.75) is 47.0 Å². The standard InChI is InChI=1S/C15H22O2/c1-5-15(6-2,14(16)17)10-13-8-11(3)7-12(4)9-13/h7-9H,5-6,10H2,1-4H3,(H,16,17). The number of carboxylic acid groups (broad SMARTS) is 1. The Balaban J connectivity index is 3.05. The number of aryl methyl sites for hydroxylation is 2. The lowest BCUT2D eigenvalue weighted by Crippen LogP contribution is -2.32. The summed E-state index contributed by atoms with van der Waals surface area (Å²) in [6.45, 7) is 8.02. The van der Waals surface area contributed by atoms with Gasteiger partial charge >= 0.3 is 5.97 Å². The SMILES string of the molecule is CCC(CC)(Cc1cc(C)cc(C)c1)C(=O)O. The van der Waals surface area contributed by atoms with Gasteiger partial charge in [-0.05, 0) is 38.7 Å². The molecule has 2 heteroatoms. The number of carbonyl (C=O) groups is 1. The molecule has 0 unspecified atom stereocenters. The van der Waals surface area contributed by atoms with Gasteiger partial charge in [0.1, 0.15) is 0 Å². The molecule has 1 N–H and O–H groups in total. The monoisotopic (exact) mass is 234 g/mol. The fraction of sp³-hybridized carbons (Fsp3) is 0.533. The van der Waals surface area contributed by atoms with Crippen LogP contribution in [0.2, 0.25) is 0 Å². The third-order valence-electron chi connectivity index (χ3n) is 3.63. The molecule has 0 fully saturated rings. The third kappa shape index (κ3) is 3.09. The Bertz CT molecular complexity index is 383. The first-order chi connectivity index (χ1) is 7.93. The van der Waals surface area contributed by atoms with Crippen LogP contribution >= 0.6 is 0 Å². The van der Waals surface area contributed by atoms with E-state index in [2.05, 4.69) is 32.0 Å². The van der Waals surface area contributed by atoms with Crippen molar-refractivity contribution in [2.75, 3.05) is 0 Å². The number of rotatable bonds is 5. The smallest absolute Gasteiger partial charge is 0.309 e. The minimum atomic E-state index is -0.679. The van der Waals surface area contributed by atoms with Gasteiger partial charge < -0.3 is 5.11 Å². The molecule has 0 bridgehead atoms. The quantitative estimate of drug-likeness (QED) is 0.842. The van der Waals surface area contributed by atoms with Gasteiger partial charge in [-0.3, -0.25) is 4.79 Å². The molecule has 0 atom stereocenters. The van der Waals surface area contributed by atoms with Crippen molar-refractivity contribution in [1.29, 1.82) is 0 Å². The Morgan fingerprint density at radius 1 is 1.12 bits per heavy atom. The molecule has 2 nitrogen and oxygen atoms in total. The van der Waals surface area contributed by atoms with Crippen LogP contribution in [0.3, 0.4) is 0 Å². The lowest BCUT2D eigenvalue weighted by molar-refractivity contribution is -0.149. The van der Waals surface area contributed by atoms with Crippen LogP contribution in [-0.2, 0) is 11.2 Å². The first kappa shape index (κ1) is 13.8. The number of aliphatic carboxylic acids is 1. The Morgan fingerprint density at radius 3 is 1.94 bits per heavy atom. The van der Waals surface area contributed by atoms with E-state index in [0.717, 1.165) is 5.56 Å². The molecule has 0 saturated heterocycles. The molecule has 0 aliphatic rings. The van der Waals surface area contributed by atoms with E-state index < -0.39 is 11.4 Å². The summed E-state index contributed by atoms with van der Waals surface area (Å²) in [4.78, 5) is 11.5. The zero-order valence-electron chi connectivity index (χ0n) is 11.2. The third-order valence-corrected chi connectivity index (χ3v) is 3.63. The summed E-state index contributed by atoms with van der Waals surface area (Å²) >= 11 is 0. The molecule has 0 saturated carbocycles. The van der Waals surface area contributed by atoms with Crippen LogP contribution < -0.4 is 0 Å². The van der Waals surface area contributed by atoms with Crippen LogP contribution in [0.5, 0.6) is 0 Å². The van der Waals surface area contributed by atoms with Crippen LogP contribution in [0, 0.1) is 19.3 Å². The second-order valence-electron chi connectivity index (χ2n) is 4.97. The minimum Gasteiger partial charge on any atom is -0.481 e. The van der Waals surface area contributed by atoms with E-state index >= 15 is 0 Å². The van der Waals surface area contributed by atoms with Crippen LogP contribution in [0.4, 0.5) is 0 Å². The normalized spacial score (nSPS) is 11.5. The maximum atomic E-state index is 11.5. The molecule has 17 heavy (non-hydrogen) atoms. The van der Waals surface area contributed by atoms with Gasteiger partial charge in [-0.25, -0.2) is 0 Å². The Hall–Kier alpha value is -1.31. The van der Waals surface area contributed by atoms with Gasteiger partial charge in [0.05, 0.1) is 5.41 Å². The molecule has 0 aliphatic heterocycles. The van der Waals surface area contributed by atoms with Crippen LogP contribution in [0.15, 0.2) is 18.2 Å². The van der Waals surface area contributed by atoms with Crippen molar-refractivity contribution < 1.29 is 9.90 Å². The number of hydrogen-bond donors (Lipinski definition) is 1. The van der Waals surface area contributed by atoms with E-state index in [1.807, 2.05) is 13.8 Å². The molecule has 0 spiro atoms. The van der Waals surface area contributed by atoms with E-state index in [0.29, 0.717) is 19.3 Å². The lowest BCUT2D eigenvalue weighted by Gasteiger charge is -2.27. The fourth-order valence-corrected chi connectivity index (χ4v) is 2.44. The Morgan fingerprint density at radius 2 is 1.59 bits per heavy atom. The van der Waals surface area contributed by atoms with Crippen LogP contribution in [0.25, 0.3) is 0 Å². The summed E-state index contributed by atoms with van der Waals surface area (Å²) in [6, 6.07) is 6.30. The molecule has 0 aliphatic carbocycles. The molecular weight excluding hydrogens is 212 g/mol. The largest absolute Gasteiger partial charge is 0.481 e. The van der Waals surface area contributed by atoms with Gasteiger partial charge in [-0.1, -0.05) is 43.2 Å². The highest BCUT2D eigenvalue weighted by Gasteiger charge is 2.34. The first-order valence-corrected chi connectivity index (χ1v) is 6.24. The van der Waals surface area contributed by atoms with E-state index in [9.17, 15) is 9.90 Å². The highest BCUT2D eigenvalue weighted by Crippen LogP contribution is 2.31. The molecule has 0 radical (unpaired) electrons. The van der Waals surface area contributed by atoms with Crippen molar-refractivity contribution in [1.82, 2.24) is 0 Å². The van der Waals surface area contributed by atoms with Crippen LogP contribution in [0.1, 0.15) is 43.4 Å². The van der Waals surface area contributed by atoms with E-state index in [1.165, 1.54) is 11.1 Å². The topological polar surface area (TPSA) is 37.3 Å². The van der Waals surface area contributed by atoms with Gasteiger partial charge in [0.25, 0.3) is 0 Å². The summed E-state index contributed by atoms with van der Waals surface area (Å²) in [5.74, 6) is -0.679. The molecule has 1 aromatic carbocycles. The van der Waals surface area contributed by atoms with Gasteiger partial charge in [0.15, 0.2) is 0 Å². The number of carboxylic acids is 1. The predicted molar refractivity (Wildman–Crippen MR) is 70.3 cm³/mol. The maximum Gasteiger partial charge on any atom is 0.309 e. The molecule has 1 aromatic rings. The summed E-state index contributed by atoms with van der Waals surface area (Å²) in [7, 11) is 0. The predicted octanol–water partition coefficient (Wildman–Crippen LogP) is 3.74. The van der Waals surface area contributed by atoms with Crippen molar-refractivity contribution in [3.63, 3.8) is 0 Å². The molecule has 0 heterocycles. The molecular formula is C15H22O2. The Kier molecular flexibility index (Phi) is 4.33. The van der Waals surface area contributed by atoms with Gasteiger partial charge in [0.2, 0.25) is 0 Å². The number of hydrogen-bond acceptors (Lipinski definition) is 1. The molecule has 0 amide bonds. The van der Waals surface area contributed by atoms with Crippen molar-refractivity contribution in [3.8, 4) is 0 Å². The average molecular weight is 234 g/mol. The summed E-state index contributed by atoms with van der Waals surface area (Å²) in [5, 5.41) is 9.42. The van der Waals surface area contributed by atoms with Crippen molar-refractivity contribution >= 4 is 5.97 Å². The Labute approximate surface area is 104 Å². The second kappa shape index (κ2) is 5.35.